The molecule has 116 valence electrons. The van der Waals surface area contributed by atoms with Crippen LogP contribution in [0.1, 0.15) is 49.5 Å². The fraction of sp³-hybridized carbons (Fsp3) is 0.438. The smallest absolute Gasteiger partial charge is 0.259 e. The number of aliphatic hydroxyl groups is 1. The lowest BCUT2D eigenvalue weighted by Crippen LogP contribution is -2.45. The minimum atomic E-state index is 0.177. The number of benzene rings is 1. The molecule has 0 saturated heterocycles. The molecule has 1 aromatic carbocycles. The van der Waals surface area contributed by atoms with E-state index < -0.39 is 0 Å². The van der Waals surface area contributed by atoms with Crippen molar-refractivity contribution in [2.75, 3.05) is 0 Å². The Hall–Kier alpha value is -1.69. The van der Waals surface area contributed by atoms with Gasteiger partial charge in [-0.15, -0.1) is 4.68 Å². The number of nitrogens with zero attached hydrogens (tertiary/aromatic N) is 4. The Kier molecular flexibility index (Phi) is 4.57. The van der Waals surface area contributed by atoms with Gasteiger partial charge in [0.1, 0.15) is 11.3 Å². The molecule has 0 radical (unpaired) electrons. The SMILES string of the molecule is Cc1n(/C=C(\O)c2ccc(Br)cc2)nn[n+]1C1CCCCC1. The largest absolute Gasteiger partial charge is 0.504 e. The van der Waals surface area contributed by atoms with Gasteiger partial charge in [0.15, 0.2) is 17.2 Å². The summed E-state index contributed by atoms with van der Waals surface area (Å²) in [6, 6.07) is 7.95. The van der Waals surface area contributed by atoms with Crippen molar-refractivity contribution < 1.29 is 9.79 Å². The van der Waals surface area contributed by atoms with E-state index in [1.807, 2.05) is 35.9 Å². The molecule has 0 unspecified atom stereocenters. The van der Waals surface area contributed by atoms with Gasteiger partial charge in [-0.3, -0.25) is 0 Å². The maximum absolute atomic E-state index is 10.3. The molecule has 0 atom stereocenters. The molecule has 0 bridgehead atoms. The molecular formula is C16H20BrN4O+. The van der Waals surface area contributed by atoms with Crippen LogP contribution in [0.4, 0.5) is 0 Å². The molecule has 0 aliphatic heterocycles. The summed E-state index contributed by atoms with van der Waals surface area (Å²) < 4.78 is 4.62. The van der Waals surface area contributed by atoms with E-state index in [0.717, 1.165) is 28.7 Å². The third-order valence-electron chi connectivity index (χ3n) is 4.20. The fourth-order valence-electron chi connectivity index (χ4n) is 2.91. The average molecular weight is 364 g/mol. The summed E-state index contributed by atoms with van der Waals surface area (Å²) >= 11 is 3.39. The highest BCUT2D eigenvalue weighted by atomic mass is 79.9. The summed E-state index contributed by atoms with van der Waals surface area (Å²) in [5.41, 5.74) is 0.752. The van der Waals surface area contributed by atoms with Crippen LogP contribution in [0.25, 0.3) is 12.0 Å². The van der Waals surface area contributed by atoms with Crippen LogP contribution in [-0.2, 0) is 0 Å². The Morgan fingerprint density at radius 3 is 2.64 bits per heavy atom. The number of hydrogen-bond donors (Lipinski definition) is 1. The number of tetrazole rings is 1. The molecule has 0 spiro atoms. The van der Waals surface area contributed by atoms with E-state index in [-0.39, 0.29) is 5.76 Å². The number of aromatic nitrogens is 4. The zero-order valence-corrected chi connectivity index (χ0v) is 14.2. The van der Waals surface area contributed by atoms with Gasteiger partial charge in [-0.2, -0.15) is 0 Å². The Labute approximate surface area is 138 Å². The molecule has 5 nitrogen and oxygen atoms in total. The molecule has 1 N–H and O–H groups in total. The van der Waals surface area contributed by atoms with E-state index in [4.69, 9.17) is 0 Å². The molecular weight excluding hydrogens is 344 g/mol. The Morgan fingerprint density at radius 2 is 1.95 bits per heavy atom. The molecule has 1 fully saturated rings. The minimum Gasteiger partial charge on any atom is -0.504 e. The van der Waals surface area contributed by atoms with Crippen molar-refractivity contribution in [3.8, 4) is 0 Å². The molecule has 1 saturated carbocycles. The zero-order valence-electron chi connectivity index (χ0n) is 12.6. The van der Waals surface area contributed by atoms with Gasteiger partial charge in [-0.1, -0.05) is 39.2 Å². The van der Waals surface area contributed by atoms with Crippen LogP contribution in [0.3, 0.4) is 0 Å². The lowest BCUT2D eigenvalue weighted by Gasteiger charge is -2.17. The van der Waals surface area contributed by atoms with Gasteiger partial charge in [0.2, 0.25) is 0 Å². The maximum Gasteiger partial charge on any atom is 0.259 e. The first-order valence-corrected chi connectivity index (χ1v) is 8.45. The standard InChI is InChI=1S/C16H19BrN4O/c1-12-20(11-16(22)13-7-9-14(17)10-8-13)18-19-21(12)15-5-3-2-4-6-15/h7-11,15H,2-6H2,1H3/p+1/b16-11-. The highest BCUT2D eigenvalue weighted by molar-refractivity contribution is 9.10. The normalized spacial score (nSPS) is 16.9. The van der Waals surface area contributed by atoms with E-state index in [1.54, 1.807) is 10.9 Å². The van der Waals surface area contributed by atoms with Gasteiger partial charge in [-0.25, -0.2) is 0 Å². The molecule has 1 heterocycles. The number of halogens is 1. The van der Waals surface area contributed by atoms with Gasteiger partial charge in [0, 0.05) is 17.0 Å². The highest BCUT2D eigenvalue weighted by Gasteiger charge is 2.25. The Morgan fingerprint density at radius 1 is 1.27 bits per heavy atom. The summed E-state index contributed by atoms with van der Waals surface area (Å²) in [4.78, 5) is 0. The molecule has 1 aromatic heterocycles. The molecule has 22 heavy (non-hydrogen) atoms. The van der Waals surface area contributed by atoms with Gasteiger partial charge in [0.25, 0.3) is 5.82 Å². The van der Waals surface area contributed by atoms with E-state index in [2.05, 4.69) is 26.4 Å². The van der Waals surface area contributed by atoms with Crippen LogP contribution in [0.2, 0.25) is 0 Å². The molecule has 1 aliphatic carbocycles. The van der Waals surface area contributed by atoms with E-state index >= 15 is 0 Å². The summed E-state index contributed by atoms with van der Waals surface area (Å²) in [5.74, 6) is 1.12. The highest BCUT2D eigenvalue weighted by Crippen LogP contribution is 2.23. The first-order chi connectivity index (χ1) is 10.6. The van der Waals surface area contributed by atoms with Crippen molar-refractivity contribution in [3.05, 3.63) is 40.1 Å². The van der Waals surface area contributed by atoms with Crippen molar-refractivity contribution in [1.29, 1.82) is 0 Å². The third kappa shape index (κ3) is 3.21. The minimum absolute atomic E-state index is 0.177. The average Bonchev–Trinajstić information content (AvgIpc) is 2.90. The van der Waals surface area contributed by atoms with E-state index in [9.17, 15) is 5.11 Å². The van der Waals surface area contributed by atoms with Gasteiger partial charge in [-0.05, 0) is 37.8 Å². The topological polar surface area (TPSA) is 54.8 Å². The van der Waals surface area contributed by atoms with Gasteiger partial charge in [0.05, 0.1) is 0 Å². The molecule has 0 amide bonds. The van der Waals surface area contributed by atoms with Crippen molar-refractivity contribution in [1.82, 2.24) is 15.1 Å². The van der Waals surface area contributed by atoms with Crippen molar-refractivity contribution in [2.45, 2.75) is 45.1 Å². The molecule has 3 rings (SSSR count). The maximum atomic E-state index is 10.3. The van der Waals surface area contributed by atoms with E-state index in [0.29, 0.717) is 6.04 Å². The second kappa shape index (κ2) is 6.60. The predicted molar refractivity (Wildman–Crippen MR) is 88.0 cm³/mol. The van der Waals surface area contributed by atoms with E-state index in [1.165, 1.54) is 19.3 Å². The van der Waals surface area contributed by atoms with Crippen LogP contribution in [0.15, 0.2) is 28.7 Å². The lowest BCUT2D eigenvalue weighted by atomic mass is 9.96. The summed E-state index contributed by atoms with van der Waals surface area (Å²) in [7, 11) is 0. The Bertz CT molecular complexity index is 672. The van der Waals surface area contributed by atoms with Crippen LogP contribution in [0.5, 0.6) is 0 Å². The van der Waals surface area contributed by atoms with Crippen molar-refractivity contribution >= 4 is 27.9 Å². The first kappa shape index (κ1) is 15.2. The van der Waals surface area contributed by atoms with Crippen LogP contribution in [-0.4, -0.2) is 20.2 Å². The second-order valence-electron chi connectivity index (χ2n) is 5.73. The van der Waals surface area contributed by atoms with Gasteiger partial charge < -0.3 is 5.11 Å². The van der Waals surface area contributed by atoms with Gasteiger partial charge >= 0.3 is 0 Å². The number of rotatable bonds is 3. The van der Waals surface area contributed by atoms with Crippen LogP contribution in [0, 0.1) is 6.92 Å². The molecule has 2 aromatic rings. The van der Waals surface area contributed by atoms with Crippen molar-refractivity contribution in [2.24, 2.45) is 0 Å². The lowest BCUT2D eigenvalue weighted by molar-refractivity contribution is -0.785. The second-order valence-corrected chi connectivity index (χ2v) is 6.64. The molecule has 6 heteroatoms. The number of hydrogen-bond acceptors (Lipinski definition) is 3. The first-order valence-electron chi connectivity index (χ1n) is 7.65. The summed E-state index contributed by atoms with van der Waals surface area (Å²) in [5, 5.41) is 18.7. The monoisotopic (exact) mass is 363 g/mol. The van der Waals surface area contributed by atoms with Crippen molar-refractivity contribution in [3.63, 3.8) is 0 Å². The fourth-order valence-corrected chi connectivity index (χ4v) is 3.18. The van der Waals surface area contributed by atoms with Crippen LogP contribution >= 0.6 is 15.9 Å². The number of aliphatic hydroxyl groups excluding tert-OH is 1. The van der Waals surface area contributed by atoms with Crippen LogP contribution < -0.4 is 4.68 Å². The predicted octanol–water partition coefficient (Wildman–Crippen LogP) is 3.66. The Balaban J connectivity index is 1.84. The molecule has 1 aliphatic rings. The third-order valence-corrected chi connectivity index (χ3v) is 4.73. The zero-order chi connectivity index (χ0) is 15.5. The summed E-state index contributed by atoms with van der Waals surface area (Å²) in [6.07, 6.45) is 7.76. The quantitative estimate of drug-likeness (QED) is 0.668. The summed E-state index contributed by atoms with van der Waals surface area (Å²) in [6.45, 7) is 1.99.